The van der Waals surface area contributed by atoms with E-state index in [0.29, 0.717) is 17.0 Å². The molecule has 1 aromatic heterocycles. The lowest BCUT2D eigenvalue weighted by Gasteiger charge is -2.13. The van der Waals surface area contributed by atoms with Crippen LogP contribution in [0.2, 0.25) is 0 Å². The number of halogens is 2. The number of nitrogens with one attached hydrogen (secondary N) is 1. The first-order valence-electron chi connectivity index (χ1n) is 8.22. The molecular formula is C19H16F2N2O4. The molecule has 0 saturated heterocycles. The standard InChI is InChI=1S/C19H16F2N2O4/c1-11(19(25)23-15-10-12(20)6-7-13(15)21)26-18(24)9-8-17-22-14-4-2-3-5-16(14)27-17/h2-7,10-11H,8-9H2,1H3,(H,23,25)/t11-/m1/s1. The number of rotatable bonds is 6. The van der Waals surface area contributed by atoms with Crippen molar-refractivity contribution < 1.29 is 27.5 Å². The third-order valence-electron chi connectivity index (χ3n) is 3.74. The van der Waals surface area contributed by atoms with E-state index >= 15 is 0 Å². The van der Waals surface area contributed by atoms with E-state index in [-0.39, 0.29) is 18.5 Å². The van der Waals surface area contributed by atoms with Gasteiger partial charge in [-0.15, -0.1) is 0 Å². The van der Waals surface area contributed by atoms with Gasteiger partial charge in [0, 0.05) is 12.5 Å². The number of oxazole rings is 1. The van der Waals surface area contributed by atoms with Crippen LogP contribution in [-0.4, -0.2) is 23.0 Å². The second-order valence-electron chi connectivity index (χ2n) is 5.82. The van der Waals surface area contributed by atoms with Crippen LogP contribution >= 0.6 is 0 Å². The Bertz CT molecular complexity index is 954. The van der Waals surface area contributed by atoms with Crippen LogP contribution in [0.3, 0.4) is 0 Å². The summed E-state index contributed by atoms with van der Waals surface area (Å²) in [6, 6.07) is 9.86. The smallest absolute Gasteiger partial charge is 0.307 e. The lowest BCUT2D eigenvalue weighted by atomic mass is 10.2. The number of anilines is 1. The first kappa shape index (κ1) is 18.5. The van der Waals surface area contributed by atoms with Crippen molar-refractivity contribution in [3.63, 3.8) is 0 Å². The molecular weight excluding hydrogens is 358 g/mol. The van der Waals surface area contributed by atoms with Gasteiger partial charge in [0.15, 0.2) is 17.6 Å². The van der Waals surface area contributed by atoms with Crippen molar-refractivity contribution in [1.29, 1.82) is 0 Å². The Labute approximate surface area is 153 Å². The van der Waals surface area contributed by atoms with Gasteiger partial charge in [-0.2, -0.15) is 0 Å². The van der Waals surface area contributed by atoms with Crippen molar-refractivity contribution in [2.24, 2.45) is 0 Å². The Morgan fingerprint density at radius 1 is 1.22 bits per heavy atom. The molecule has 1 N–H and O–H groups in total. The fourth-order valence-corrected chi connectivity index (χ4v) is 2.37. The van der Waals surface area contributed by atoms with Crippen molar-refractivity contribution in [3.05, 3.63) is 60.0 Å². The minimum Gasteiger partial charge on any atom is -0.453 e. The number of para-hydroxylation sites is 2. The van der Waals surface area contributed by atoms with Crippen LogP contribution in [0.1, 0.15) is 19.2 Å². The molecule has 0 radical (unpaired) electrons. The number of amides is 1. The van der Waals surface area contributed by atoms with E-state index in [1.54, 1.807) is 12.1 Å². The van der Waals surface area contributed by atoms with Gasteiger partial charge in [0.2, 0.25) is 0 Å². The summed E-state index contributed by atoms with van der Waals surface area (Å²) >= 11 is 0. The molecule has 8 heteroatoms. The molecule has 0 bridgehead atoms. The highest BCUT2D eigenvalue weighted by atomic mass is 19.1. The molecule has 140 valence electrons. The maximum atomic E-state index is 13.5. The van der Waals surface area contributed by atoms with Gasteiger partial charge in [0.25, 0.3) is 5.91 Å². The van der Waals surface area contributed by atoms with Crippen LogP contribution < -0.4 is 5.32 Å². The van der Waals surface area contributed by atoms with Gasteiger partial charge in [-0.25, -0.2) is 13.8 Å². The fraction of sp³-hybridized carbons (Fsp3) is 0.211. The molecule has 3 rings (SSSR count). The molecule has 0 aliphatic heterocycles. The topological polar surface area (TPSA) is 81.4 Å². The molecule has 2 aromatic carbocycles. The van der Waals surface area contributed by atoms with Crippen LogP contribution in [-0.2, 0) is 20.7 Å². The zero-order valence-electron chi connectivity index (χ0n) is 14.4. The first-order valence-corrected chi connectivity index (χ1v) is 8.22. The highest BCUT2D eigenvalue weighted by Gasteiger charge is 2.20. The summed E-state index contributed by atoms with van der Waals surface area (Å²) in [5, 5.41) is 2.19. The zero-order valence-corrected chi connectivity index (χ0v) is 14.4. The van der Waals surface area contributed by atoms with E-state index in [1.165, 1.54) is 6.92 Å². The molecule has 3 aromatic rings. The number of nitrogens with zero attached hydrogens (tertiary/aromatic N) is 1. The van der Waals surface area contributed by atoms with Crippen LogP contribution in [0.15, 0.2) is 46.9 Å². The Morgan fingerprint density at radius 2 is 2.00 bits per heavy atom. The molecule has 0 saturated carbocycles. The van der Waals surface area contributed by atoms with Crippen LogP contribution in [0, 0.1) is 11.6 Å². The number of ether oxygens (including phenoxy) is 1. The lowest BCUT2D eigenvalue weighted by Crippen LogP contribution is -2.30. The largest absolute Gasteiger partial charge is 0.453 e. The van der Waals surface area contributed by atoms with Gasteiger partial charge >= 0.3 is 5.97 Å². The Balaban J connectivity index is 1.52. The average Bonchev–Trinajstić information content (AvgIpc) is 3.06. The summed E-state index contributed by atoms with van der Waals surface area (Å²) in [7, 11) is 0. The number of carbonyl (C=O) groups is 2. The molecule has 0 fully saturated rings. The van der Waals surface area contributed by atoms with Gasteiger partial charge in [-0.3, -0.25) is 9.59 Å². The predicted molar refractivity (Wildman–Crippen MR) is 92.9 cm³/mol. The highest BCUT2D eigenvalue weighted by molar-refractivity contribution is 5.95. The van der Waals surface area contributed by atoms with Gasteiger partial charge in [0.05, 0.1) is 12.1 Å². The van der Waals surface area contributed by atoms with Gasteiger partial charge in [0.1, 0.15) is 17.2 Å². The summed E-state index contributed by atoms with van der Waals surface area (Å²) in [5.41, 5.74) is 0.978. The molecule has 1 amide bonds. The summed E-state index contributed by atoms with van der Waals surface area (Å²) < 4.78 is 37.2. The summed E-state index contributed by atoms with van der Waals surface area (Å²) in [4.78, 5) is 28.2. The summed E-state index contributed by atoms with van der Waals surface area (Å²) in [6.07, 6.45) is -1.01. The predicted octanol–water partition coefficient (Wildman–Crippen LogP) is 3.61. The van der Waals surface area contributed by atoms with Crippen molar-refractivity contribution in [2.45, 2.75) is 25.9 Å². The highest BCUT2D eigenvalue weighted by Crippen LogP contribution is 2.17. The maximum Gasteiger partial charge on any atom is 0.307 e. The maximum absolute atomic E-state index is 13.5. The monoisotopic (exact) mass is 374 g/mol. The molecule has 1 heterocycles. The van der Waals surface area contributed by atoms with Gasteiger partial charge < -0.3 is 14.5 Å². The minimum atomic E-state index is -1.18. The van der Waals surface area contributed by atoms with E-state index in [0.717, 1.165) is 18.2 Å². The number of fused-ring (bicyclic) bond motifs is 1. The fourth-order valence-electron chi connectivity index (χ4n) is 2.37. The number of esters is 1. The van der Waals surface area contributed by atoms with Crippen molar-refractivity contribution in [1.82, 2.24) is 4.98 Å². The van der Waals surface area contributed by atoms with Crippen LogP contribution in [0.25, 0.3) is 11.1 Å². The van der Waals surface area contributed by atoms with Crippen LogP contribution in [0.4, 0.5) is 14.5 Å². The van der Waals surface area contributed by atoms with E-state index in [1.807, 2.05) is 12.1 Å². The first-order chi connectivity index (χ1) is 12.9. The third kappa shape index (κ3) is 4.66. The van der Waals surface area contributed by atoms with Crippen molar-refractivity contribution in [3.8, 4) is 0 Å². The molecule has 6 nitrogen and oxygen atoms in total. The lowest BCUT2D eigenvalue weighted by molar-refractivity contribution is -0.153. The average molecular weight is 374 g/mol. The minimum absolute atomic E-state index is 0.0429. The third-order valence-corrected chi connectivity index (χ3v) is 3.74. The zero-order chi connectivity index (χ0) is 19.4. The summed E-state index contributed by atoms with van der Waals surface area (Å²) in [5.74, 6) is -2.52. The number of hydrogen-bond acceptors (Lipinski definition) is 5. The van der Waals surface area contributed by atoms with Crippen molar-refractivity contribution in [2.75, 3.05) is 5.32 Å². The molecule has 0 aliphatic carbocycles. The van der Waals surface area contributed by atoms with E-state index in [4.69, 9.17) is 9.15 Å². The Morgan fingerprint density at radius 3 is 2.78 bits per heavy atom. The number of hydrogen-bond donors (Lipinski definition) is 1. The second kappa shape index (κ2) is 7.94. The molecule has 0 unspecified atom stereocenters. The molecule has 0 aliphatic rings. The number of carbonyl (C=O) groups excluding carboxylic acids is 2. The van der Waals surface area contributed by atoms with Crippen molar-refractivity contribution >= 4 is 28.7 Å². The van der Waals surface area contributed by atoms with E-state index < -0.39 is 29.6 Å². The van der Waals surface area contributed by atoms with Gasteiger partial charge in [-0.1, -0.05) is 12.1 Å². The molecule has 27 heavy (non-hydrogen) atoms. The molecule has 1 atom stereocenters. The Kier molecular flexibility index (Phi) is 5.44. The second-order valence-corrected chi connectivity index (χ2v) is 5.82. The number of benzene rings is 2. The normalized spacial score (nSPS) is 12.0. The number of aryl methyl sites for hydroxylation is 1. The quantitative estimate of drug-likeness (QED) is 0.667. The SMILES string of the molecule is C[C@@H](OC(=O)CCc1nc2ccccc2o1)C(=O)Nc1cc(F)ccc1F. The van der Waals surface area contributed by atoms with E-state index in [9.17, 15) is 18.4 Å². The van der Waals surface area contributed by atoms with Gasteiger partial charge in [-0.05, 0) is 31.2 Å². The Hall–Kier alpha value is -3.29. The van der Waals surface area contributed by atoms with Crippen LogP contribution in [0.5, 0.6) is 0 Å². The molecule has 0 spiro atoms. The number of aromatic nitrogens is 1. The van der Waals surface area contributed by atoms with E-state index in [2.05, 4.69) is 10.3 Å². The summed E-state index contributed by atoms with van der Waals surface area (Å²) in [6.45, 7) is 1.34.